The second-order valence-electron chi connectivity index (χ2n) is 8.70. The molecular weight excluding hydrogens is 438 g/mol. The Morgan fingerprint density at radius 1 is 1.03 bits per heavy atom. The van der Waals surface area contributed by atoms with E-state index in [4.69, 9.17) is 4.74 Å². The van der Waals surface area contributed by atoms with Crippen LogP contribution in [0, 0.1) is 13.8 Å². The Morgan fingerprint density at radius 2 is 1.83 bits per heavy atom. The molecule has 5 rings (SSSR count). The smallest absolute Gasteiger partial charge is 0.255 e. The lowest BCUT2D eigenvalue weighted by atomic mass is 9.95. The van der Waals surface area contributed by atoms with Gasteiger partial charge in [0.2, 0.25) is 5.95 Å². The molecular formula is C28H27N5O2. The first kappa shape index (κ1) is 22.4. The van der Waals surface area contributed by atoms with Gasteiger partial charge < -0.3 is 15.4 Å². The predicted molar refractivity (Wildman–Crippen MR) is 136 cm³/mol. The quantitative estimate of drug-likeness (QED) is 0.398. The van der Waals surface area contributed by atoms with Crippen LogP contribution in [0.2, 0.25) is 0 Å². The molecule has 0 spiro atoms. The van der Waals surface area contributed by atoms with Crippen molar-refractivity contribution in [1.29, 1.82) is 0 Å². The number of hydrogen-bond donors (Lipinski definition) is 2. The highest BCUT2D eigenvalue weighted by molar-refractivity contribution is 6.06. The number of hydrogen-bond acceptors (Lipinski definition) is 5. The van der Waals surface area contributed by atoms with Crippen LogP contribution >= 0.6 is 0 Å². The largest absolute Gasteiger partial charge is 0.489 e. The highest BCUT2D eigenvalue weighted by Gasteiger charge is 2.33. The molecule has 7 nitrogen and oxygen atoms in total. The summed E-state index contributed by atoms with van der Waals surface area (Å²) in [6, 6.07) is 23.3. The van der Waals surface area contributed by atoms with Gasteiger partial charge in [0.1, 0.15) is 24.7 Å². The van der Waals surface area contributed by atoms with E-state index < -0.39 is 6.04 Å². The van der Waals surface area contributed by atoms with Gasteiger partial charge in [0.25, 0.3) is 5.91 Å². The maximum absolute atomic E-state index is 13.5. The lowest BCUT2D eigenvalue weighted by Crippen LogP contribution is -2.31. The fourth-order valence-corrected chi connectivity index (χ4v) is 4.29. The van der Waals surface area contributed by atoms with Crippen molar-refractivity contribution in [3.63, 3.8) is 0 Å². The molecule has 0 aliphatic carbocycles. The summed E-state index contributed by atoms with van der Waals surface area (Å²) in [5, 5.41) is 10.7. The van der Waals surface area contributed by atoms with Gasteiger partial charge in [0, 0.05) is 11.4 Å². The van der Waals surface area contributed by atoms with Gasteiger partial charge >= 0.3 is 0 Å². The molecule has 1 atom stereocenters. The monoisotopic (exact) mass is 465 g/mol. The van der Waals surface area contributed by atoms with E-state index in [0.29, 0.717) is 18.1 Å². The number of benzene rings is 3. The van der Waals surface area contributed by atoms with Crippen molar-refractivity contribution in [1.82, 2.24) is 14.8 Å². The molecule has 0 radical (unpaired) electrons. The third-order valence-electron chi connectivity index (χ3n) is 6.17. The number of fused-ring (bicyclic) bond motifs is 1. The van der Waals surface area contributed by atoms with E-state index in [1.54, 1.807) is 4.68 Å². The first-order chi connectivity index (χ1) is 17.0. The summed E-state index contributed by atoms with van der Waals surface area (Å²) in [4.78, 5) is 17.8. The molecule has 2 heterocycles. The molecule has 35 heavy (non-hydrogen) atoms. The number of allylic oxidation sites excluding steroid dienone is 1. The van der Waals surface area contributed by atoms with Crippen LogP contribution in [0.3, 0.4) is 0 Å². The molecule has 1 amide bonds. The number of aryl methyl sites for hydroxylation is 2. The lowest BCUT2D eigenvalue weighted by molar-refractivity contribution is -0.113. The van der Waals surface area contributed by atoms with Crippen molar-refractivity contribution in [2.75, 3.05) is 10.6 Å². The van der Waals surface area contributed by atoms with Crippen molar-refractivity contribution >= 4 is 17.5 Å². The number of amides is 1. The minimum absolute atomic E-state index is 0.188. The fraction of sp³-hybridized carbons (Fsp3) is 0.179. The third-order valence-corrected chi connectivity index (χ3v) is 6.17. The minimum atomic E-state index is -0.427. The van der Waals surface area contributed by atoms with E-state index in [-0.39, 0.29) is 5.91 Å². The predicted octanol–water partition coefficient (Wildman–Crippen LogP) is 5.40. The average Bonchev–Trinajstić information content (AvgIpc) is 3.31. The number of nitrogens with one attached hydrogen (secondary N) is 2. The average molecular weight is 466 g/mol. The highest BCUT2D eigenvalue weighted by Crippen LogP contribution is 2.36. The molecule has 0 saturated heterocycles. The Morgan fingerprint density at radius 3 is 2.60 bits per heavy atom. The minimum Gasteiger partial charge on any atom is -0.489 e. The summed E-state index contributed by atoms with van der Waals surface area (Å²) in [6.45, 7) is 6.45. The maximum atomic E-state index is 13.5. The van der Waals surface area contributed by atoms with E-state index in [0.717, 1.165) is 33.8 Å². The lowest BCUT2D eigenvalue weighted by Gasteiger charge is -2.29. The fourth-order valence-electron chi connectivity index (χ4n) is 4.29. The van der Waals surface area contributed by atoms with Crippen molar-refractivity contribution in [3.05, 3.63) is 113 Å². The summed E-state index contributed by atoms with van der Waals surface area (Å²) in [6.07, 6.45) is 1.49. The number of rotatable bonds is 6. The molecule has 1 aliphatic heterocycles. The van der Waals surface area contributed by atoms with E-state index in [1.165, 1.54) is 11.9 Å². The zero-order chi connectivity index (χ0) is 24.4. The molecule has 176 valence electrons. The standard InChI is InChI=1S/C28H27N5O2/c1-18-7-6-10-23(15-18)32-27(34)25-20(3)31-28-29-17-30-33(28)26(25)21-11-13-24(14-12-21)35-16-22-9-5-4-8-19(22)2/h4-15,17,26H,16H2,1-3H3,(H,32,34)(H,29,30,31). The van der Waals surface area contributed by atoms with Gasteiger partial charge in [-0.2, -0.15) is 10.1 Å². The number of aromatic nitrogens is 3. The van der Waals surface area contributed by atoms with Gasteiger partial charge in [-0.15, -0.1) is 0 Å². The van der Waals surface area contributed by atoms with E-state index >= 15 is 0 Å². The number of anilines is 2. The van der Waals surface area contributed by atoms with Gasteiger partial charge in [0.15, 0.2) is 0 Å². The number of nitrogens with zero attached hydrogens (tertiary/aromatic N) is 3. The van der Waals surface area contributed by atoms with Crippen molar-refractivity contribution in [2.45, 2.75) is 33.4 Å². The summed E-state index contributed by atoms with van der Waals surface area (Å²) < 4.78 is 7.75. The first-order valence-electron chi connectivity index (χ1n) is 11.5. The molecule has 1 aromatic heterocycles. The zero-order valence-electron chi connectivity index (χ0n) is 19.9. The highest BCUT2D eigenvalue weighted by atomic mass is 16.5. The van der Waals surface area contributed by atoms with Crippen LogP contribution in [0.4, 0.5) is 11.6 Å². The van der Waals surface area contributed by atoms with Gasteiger partial charge in [-0.25, -0.2) is 4.68 Å². The van der Waals surface area contributed by atoms with E-state index in [1.807, 2.05) is 74.5 Å². The molecule has 1 aliphatic rings. The van der Waals surface area contributed by atoms with Crippen molar-refractivity contribution < 1.29 is 9.53 Å². The molecule has 1 unspecified atom stereocenters. The summed E-state index contributed by atoms with van der Waals surface area (Å²) in [5.74, 6) is 1.17. The Balaban J connectivity index is 1.42. The summed E-state index contributed by atoms with van der Waals surface area (Å²) in [5.41, 5.74) is 6.40. The molecule has 7 heteroatoms. The topological polar surface area (TPSA) is 81.1 Å². The summed E-state index contributed by atoms with van der Waals surface area (Å²) in [7, 11) is 0. The van der Waals surface area contributed by atoms with E-state index in [9.17, 15) is 4.79 Å². The molecule has 0 fully saturated rings. The second kappa shape index (κ2) is 9.46. The Labute approximate surface area is 204 Å². The SMILES string of the molecule is CC1=C(C(=O)Nc2cccc(C)c2)C(c2ccc(OCc3ccccc3C)cc2)n2ncnc2N1. The number of carbonyl (C=O) groups excluding carboxylic acids is 1. The number of carbonyl (C=O) groups is 1. The van der Waals surface area contributed by atoms with Gasteiger partial charge in [-0.1, -0.05) is 48.5 Å². The first-order valence-corrected chi connectivity index (χ1v) is 11.5. The molecule has 0 bridgehead atoms. The molecule has 4 aromatic rings. The van der Waals surface area contributed by atoms with Crippen LogP contribution in [0.5, 0.6) is 5.75 Å². The van der Waals surface area contributed by atoms with Crippen LogP contribution in [0.15, 0.2) is 90.4 Å². The molecule has 2 N–H and O–H groups in total. The third kappa shape index (κ3) is 4.66. The van der Waals surface area contributed by atoms with Crippen molar-refractivity contribution in [3.8, 4) is 5.75 Å². The molecule has 3 aromatic carbocycles. The van der Waals surface area contributed by atoms with E-state index in [2.05, 4.69) is 39.8 Å². The number of ether oxygens (including phenoxy) is 1. The van der Waals surface area contributed by atoms with Crippen LogP contribution < -0.4 is 15.4 Å². The normalized spacial score (nSPS) is 14.8. The Bertz CT molecular complexity index is 1400. The van der Waals surface area contributed by atoms with Gasteiger partial charge in [-0.05, 0) is 67.3 Å². The van der Waals surface area contributed by atoms with Gasteiger partial charge in [0.05, 0.1) is 5.57 Å². The van der Waals surface area contributed by atoms with Crippen LogP contribution in [0.25, 0.3) is 0 Å². The zero-order valence-corrected chi connectivity index (χ0v) is 19.9. The molecule has 0 saturated carbocycles. The Kier molecular flexibility index (Phi) is 6.06. The van der Waals surface area contributed by atoms with Crippen molar-refractivity contribution in [2.24, 2.45) is 0 Å². The van der Waals surface area contributed by atoms with Crippen LogP contribution in [-0.2, 0) is 11.4 Å². The van der Waals surface area contributed by atoms with Crippen LogP contribution in [-0.4, -0.2) is 20.7 Å². The van der Waals surface area contributed by atoms with Gasteiger partial charge in [-0.3, -0.25) is 4.79 Å². The second-order valence-corrected chi connectivity index (χ2v) is 8.70. The summed E-state index contributed by atoms with van der Waals surface area (Å²) >= 11 is 0. The Hall–Kier alpha value is -4.39. The van der Waals surface area contributed by atoms with Crippen LogP contribution in [0.1, 0.15) is 35.2 Å². The maximum Gasteiger partial charge on any atom is 0.255 e.